The fraction of sp³-hybridized carbons (Fsp3) is 0.556. The predicted octanol–water partition coefficient (Wildman–Crippen LogP) is 2.09. The standard InChI is InChI=1S/C5H10O.C4H8.Fe/c1-3-5(2)4-6;1-3-4-2;/h5-6H,1-4H2;1-4H2;/q2*-2;+4. The SMILES string of the molecule is [CH2-]CC([CH2-])CO.[CH2-]CC[CH2-].[Fe+4]. The molecule has 1 unspecified atom stereocenters. The smallest absolute Gasteiger partial charge is 0.399 e. The van der Waals surface area contributed by atoms with Gasteiger partial charge in [-0.3, -0.25) is 0 Å². The number of rotatable bonds is 3. The molecule has 0 aliphatic carbocycles. The molecule has 0 aromatic rings. The van der Waals surface area contributed by atoms with E-state index >= 15 is 0 Å². The fourth-order valence-electron chi connectivity index (χ4n) is 0.0913. The van der Waals surface area contributed by atoms with Gasteiger partial charge in [-0.25, -0.2) is 19.3 Å². The maximum atomic E-state index is 8.23. The van der Waals surface area contributed by atoms with Crippen LogP contribution in [0.25, 0.3) is 0 Å². The Morgan fingerprint density at radius 3 is 1.45 bits per heavy atom. The third kappa shape index (κ3) is 25.1. The quantitative estimate of drug-likeness (QED) is 0.543. The molecule has 0 aliphatic rings. The first-order chi connectivity index (χ1) is 4.72. The van der Waals surface area contributed by atoms with Crippen LogP contribution in [0.15, 0.2) is 0 Å². The number of hydrogen-bond acceptors (Lipinski definition) is 1. The van der Waals surface area contributed by atoms with Crippen LogP contribution in [0.2, 0.25) is 0 Å². The summed E-state index contributed by atoms with van der Waals surface area (Å²) in [5, 5.41) is 8.23. The third-order valence-corrected chi connectivity index (χ3v) is 0.916. The second kappa shape index (κ2) is 16.8. The molecule has 1 nitrogen and oxygen atoms in total. The first kappa shape index (κ1) is 17.5. The predicted molar refractivity (Wildman–Crippen MR) is 45.9 cm³/mol. The van der Waals surface area contributed by atoms with Gasteiger partial charge in [0, 0.05) is 6.61 Å². The van der Waals surface area contributed by atoms with E-state index in [-0.39, 0.29) is 29.6 Å². The van der Waals surface area contributed by atoms with Crippen molar-refractivity contribution in [3.05, 3.63) is 27.7 Å². The molecular formula is C9H18FeO. The Kier molecular flexibility index (Phi) is 26.8. The van der Waals surface area contributed by atoms with Gasteiger partial charge < -0.3 is 32.8 Å². The zero-order valence-corrected chi connectivity index (χ0v) is 8.14. The van der Waals surface area contributed by atoms with Crippen molar-refractivity contribution in [3.63, 3.8) is 0 Å². The summed E-state index contributed by atoms with van der Waals surface area (Å²) < 4.78 is 0. The second-order valence-corrected chi connectivity index (χ2v) is 2.04. The van der Waals surface area contributed by atoms with E-state index in [2.05, 4.69) is 27.7 Å². The molecule has 0 aromatic carbocycles. The molecule has 0 fully saturated rings. The summed E-state index contributed by atoms with van der Waals surface area (Å²) in [4.78, 5) is 0. The molecule has 1 N–H and O–H groups in total. The normalized spacial score (nSPS) is 10.6. The fourth-order valence-corrected chi connectivity index (χ4v) is 0.0913. The van der Waals surface area contributed by atoms with Crippen LogP contribution in [-0.2, 0) is 17.1 Å². The van der Waals surface area contributed by atoms with Gasteiger partial charge in [-0.2, -0.15) is 5.92 Å². The van der Waals surface area contributed by atoms with Gasteiger partial charge in [-0.15, -0.1) is 0 Å². The van der Waals surface area contributed by atoms with Crippen LogP contribution in [-0.4, -0.2) is 11.7 Å². The summed E-state index contributed by atoms with van der Waals surface area (Å²) in [5.41, 5.74) is 0. The van der Waals surface area contributed by atoms with Crippen LogP contribution in [0.4, 0.5) is 0 Å². The van der Waals surface area contributed by atoms with Crippen molar-refractivity contribution in [2.75, 3.05) is 6.61 Å². The molecule has 0 saturated carbocycles. The molecule has 0 amide bonds. The van der Waals surface area contributed by atoms with E-state index in [1.54, 1.807) is 0 Å². The van der Waals surface area contributed by atoms with E-state index in [1.165, 1.54) is 0 Å². The third-order valence-electron chi connectivity index (χ3n) is 0.916. The van der Waals surface area contributed by atoms with Crippen molar-refractivity contribution < 1.29 is 22.2 Å². The van der Waals surface area contributed by atoms with E-state index in [9.17, 15) is 0 Å². The number of hydrogen-bond donors (Lipinski definition) is 1. The van der Waals surface area contributed by atoms with E-state index in [0.717, 1.165) is 19.3 Å². The Morgan fingerprint density at radius 1 is 1.09 bits per heavy atom. The Labute approximate surface area is 82.1 Å². The monoisotopic (exact) mass is 198 g/mol. The zero-order chi connectivity index (χ0) is 8.41. The molecule has 0 aromatic heterocycles. The second-order valence-electron chi connectivity index (χ2n) is 2.04. The van der Waals surface area contributed by atoms with Crippen LogP contribution in [0.3, 0.4) is 0 Å². The van der Waals surface area contributed by atoms with E-state index < -0.39 is 0 Å². The minimum Gasteiger partial charge on any atom is -0.399 e. The summed E-state index contributed by atoms with van der Waals surface area (Å²) in [6.45, 7) is 14.3. The summed E-state index contributed by atoms with van der Waals surface area (Å²) in [7, 11) is 0. The summed E-state index contributed by atoms with van der Waals surface area (Å²) in [5.74, 6) is 0.130. The molecule has 0 bridgehead atoms. The molecule has 0 heterocycles. The first-order valence-corrected chi connectivity index (χ1v) is 3.54. The van der Waals surface area contributed by atoms with Crippen LogP contribution in [0, 0.1) is 33.6 Å². The zero-order valence-electron chi connectivity index (χ0n) is 7.03. The van der Waals surface area contributed by atoms with Gasteiger partial charge in [0.05, 0.1) is 0 Å². The van der Waals surface area contributed by atoms with Gasteiger partial charge in [-0.05, 0) is 0 Å². The van der Waals surface area contributed by atoms with Crippen molar-refractivity contribution >= 4 is 0 Å². The molecule has 11 heavy (non-hydrogen) atoms. The molecule has 0 spiro atoms. The number of aliphatic hydroxyl groups is 1. The number of aliphatic hydroxyl groups excluding tert-OH is 1. The summed E-state index contributed by atoms with van der Waals surface area (Å²) in [6, 6.07) is 0. The molecule has 0 saturated heterocycles. The van der Waals surface area contributed by atoms with Gasteiger partial charge in [0.2, 0.25) is 0 Å². The average molecular weight is 198 g/mol. The Morgan fingerprint density at radius 2 is 1.45 bits per heavy atom. The molecule has 68 valence electrons. The van der Waals surface area contributed by atoms with Crippen molar-refractivity contribution in [1.29, 1.82) is 0 Å². The van der Waals surface area contributed by atoms with Gasteiger partial charge in [0.15, 0.2) is 0 Å². The number of unbranched alkanes of at least 4 members (excludes halogenated alkanes) is 1. The Balaban J connectivity index is -0.000000114. The van der Waals surface area contributed by atoms with Crippen molar-refractivity contribution in [3.8, 4) is 0 Å². The van der Waals surface area contributed by atoms with E-state index in [0.29, 0.717) is 0 Å². The van der Waals surface area contributed by atoms with Gasteiger partial charge in [0.25, 0.3) is 0 Å². The topological polar surface area (TPSA) is 20.2 Å². The minimum atomic E-state index is 0. The average Bonchev–Trinajstić information content (AvgIpc) is 2.03. The van der Waals surface area contributed by atoms with Crippen molar-refractivity contribution in [2.45, 2.75) is 19.3 Å². The van der Waals surface area contributed by atoms with E-state index in [4.69, 9.17) is 5.11 Å². The molecule has 0 radical (unpaired) electrons. The molecular weight excluding hydrogens is 180 g/mol. The molecule has 2 heteroatoms. The van der Waals surface area contributed by atoms with E-state index in [1.807, 2.05) is 0 Å². The Hall–Kier alpha value is 0.479. The van der Waals surface area contributed by atoms with Crippen molar-refractivity contribution in [1.82, 2.24) is 0 Å². The minimum absolute atomic E-state index is 0. The largest absolute Gasteiger partial charge is 4.00 e. The van der Waals surface area contributed by atoms with Crippen molar-refractivity contribution in [2.24, 2.45) is 5.92 Å². The first-order valence-electron chi connectivity index (χ1n) is 3.54. The summed E-state index contributed by atoms with van der Waals surface area (Å²) >= 11 is 0. The Bertz CT molecular complexity index is 42.8. The maximum Gasteiger partial charge on any atom is 4.00 e. The van der Waals surface area contributed by atoms with Gasteiger partial charge in [0.1, 0.15) is 0 Å². The van der Waals surface area contributed by atoms with Gasteiger partial charge >= 0.3 is 17.1 Å². The van der Waals surface area contributed by atoms with Crippen LogP contribution >= 0.6 is 0 Å². The molecule has 1 atom stereocenters. The molecule has 0 rings (SSSR count). The summed E-state index contributed by atoms with van der Waals surface area (Å²) in [6.07, 6.45) is 2.64. The van der Waals surface area contributed by atoms with Crippen LogP contribution < -0.4 is 0 Å². The maximum absolute atomic E-state index is 8.23. The molecule has 0 aliphatic heterocycles. The van der Waals surface area contributed by atoms with Gasteiger partial charge in [-0.1, -0.05) is 0 Å². The van der Waals surface area contributed by atoms with Crippen LogP contribution in [0.1, 0.15) is 19.3 Å². The van der Waals surface area contributed by atoms with Crippen LogP contribution in [0.5, 0.6) is 0 Å².